The number of para-hydroxylation sites is 1. The first-order valence-corrected chi connectivity index (χ1v) is 9.89. The lowest BCUT2D eigenvalue weighted by molar-refractivity contribution is -0.116. The fraction of sp³-hybridized carbons (Fsp3) is 0.0500. The van der Waals surface area contributed by atoms with Gasteiger partial charge in [-0.05, 0) is 36.4 Å². The van der Waals surface area contributed by atoms with Crippen LogP contribution in [0.15, 0.2) is 63.9 Å². The van der Waals surface area contributed by atoms with Crippen LogP contribution in [0.2, 0.25) is 10.0 Å². The molecule has 1 aliphatic heterocycles. The van der Waals surface area contributed by atoms with E-state index in [0.717, 1.165) is 0 Å². The zero-order valence-corrected chi connectivity index (χ0v) is 16.5. The van der Waals surface area contributed by atoms with Gasteiger partial charge in [0.05, 0.1) is 20.6 Å². The summed E-state index contributed by atoms with van der Waals surface area (Å²) < 4.78 is 19.6. The Morgan fingerprint density at radius 3 is 2.75 bits per heavy atom. The first-order valence-electron chi connectivity index (χ1n) is 8.26. The fourth-order valence-corrected chi connectivity index (χ4v) is 4.03. The van der Waals surface area contributed by atoms with Crippen LogP contribution >= 0.6 is 35.0 Å². The molecule has 8 heteroatoms. The highest BCUT2D eigenvalue weighted by atomic mass is 35.5. The van der Waals surface area contributed by atoms with Crippen molar-refractivity contribution in [3.63, 3.8) is 0 Å². The molecule has 0 aliphatic carbocycles. The summed E-state index contributed by atoms with van der Waals surface area (Å²) in [7, 11) is 0. The lowest BCUT2D eigenvalue weighted by Crippen LogP contribution is -2.31. The molecule has 0 bridgehead atoms. The Morgan fingerprint density at radius 2 is 1.93 bits per heavy atom. The Morgan fingerprint density at radius 1 is 1.11 bits per heavy atom. The van der Waals surface area contributed by atoms with Crippen molar-refractivity contribution in [1.82, 2.24) is 5.32 Å². The number of carbonyl (C=O) groups excluding carboxylic acids is 1. The highest BCUT2D eigenvalue weighted by Crippen LogP contribution is 2.36. The molecule has 0 saturated carbocycles. The van der Waals surface area contributed by atoms with E-state index in [1.807, 2.05) is 0 Å². The zero-order chi connectivity index (χ0) is 19.7. The Balaban J connectivity index is 1.52. The van der Waals surface area contributed by atoms with Crippen LogP contribution in [0.1, 0.15) is 5.76 Å². The maximum Gasteiger partial charge on any atom is 0.260 e. The number of hydrogen-bond acceptors (Lipinski definition) is 4. The van der Waals surface area contributed by atoms with Crippen molar-refractivity contribution in [2.24, 2.45) is 0 Å². The molecule has 142 valence electrons. The molecule has 2 N–H and O–H groups in total. The highest BCUT2D eigenvalue weighted by molar-refractivity contribution is 8.05. The fourth-order valence-electron chi connectivity index (χ4n) is 2.68. The quantitative estimate of drug-likeness (QED) is 0.494. The van der Waals surface area contributed by atoms with Crippen molar-refractivity contribution in [2.45, 2.75) is 5.50 Å². The Bertz CT molecular complexity index is 1080. The van der Waals surface area contributed by atoms with Crippen LogP contribution in [0, 0.1) is 5.82 Å². The van der Waals surface area contributed by atoms with E-state index in [1.54, 1.807) is 54.6 Å². The molecule has 4 nitrogen and oxygen atoms in total. The van der Waals surface area contributed by atoms with Gasteiger partial charge in [-0.15, -0.1) is 0 Å². The number of carbonyl (C=O) groups is 1. The number of amides is 1. The summed E-state index contributed by atoms with van der Waals surface area (Å²) in [6.07, 6.45) is 1.63. The third kappa shape index (κ3) is 3.90. The second-order valence-electron chi connectivity index (χ2n) is 5.91. The SMILES string of the molecule is O=C1NC(Nc2ccccc2F)S/C1=C\c1ccc(-c2cccc(Cl)c2Cl)o1. The molecule has 28 heavy (non-hydrogen) atoms. The summed E-state index contributed by atoms with van der Waals surface area (Å²) in [6, 6.07) is 15.1. The van der Waals surface area contributed by atoms with Gasteiger partial charge in [0.1, 0.15) is 17.3 Å². The summed E-state index contributed by atoms with van der Waals surface area (Å²) >= 11 is 13.5. The van der Waals surface area contributed by atoms with Crippen molar-refractivity contribution in [3.05, 3.63) is 81.1 Å². The van der Waals surface area contributed by atoms with E-state index < -0.39 is 5.50 Å². The van der Waals surface area contributed by atoms with Crippen LogP contribution in [0.5, 0.6) is 0 Å². The molecule has 1 aromatic heterocycles. The van der Waals surface area contributed by atoms with E-state index >= 15 is 0 Å². The number of benzene rings is 2. The topological polar surface area (TPSA) is 54.3 Å². The third-order valence-electron chi connectivity index (χ3n) is 4.01. The predicted octanol–water partition coefficient (Wildman–Crippen LogP) is 5.99. The molecule has 3 aromatic rings. The lowest BCUT2D eigenvalue weighted by atomic mass is 10.2. The highest BCUT2D eigenvalue weighted by Gasteiger charge is 2.28. The van der Waals surface area contributed by atoms with Gasteiger partial charge >= 0.3 is 0 Å². The van der Waals surface area contributed by atoms with Gasteiger partial charge in [-0.1, -0.05) is 53.2 Å². The van der Waals surface area contributed by atoms with Gasteiger partial charge < -0.3 is 15.1 Å². The zero-order valence-electron chi connectivity index (χ0n) is 14.2. The van der Waals surface area contributed by atoms with E-state index in [9.17, 15) is 9.18 Å². The number of rotatable bonds is 4. The Kier molecular flexibility index (Phi) is 5.35. The number of furan rings is 1. The number of anilines is 1. The largest absolute Gasteiger partial charge is 0.457 e. The van der Waals surface area contributed by atoms with E-state index in [-0.39, 0.29) is 11.7 Å². The van der Waals surface area contributed by atoms with Gasteiger partial charge in [0.25, 0.3) is 5.91 Å². The standard InChI is InChI=1S/C20H13Cl2FN2O2S/c21-13-5-3-4-12(18(13)22)16-9-8-11(27-16)10-17-19(26)25-20(28-17)24-15-7-2-1-6-14(15)23/h1-10,20,24H,(H,25,26)/b17-10-. The molecule has 4 rings (SSSR count). The van der Waals surface area contributed by atoms with Crippen molar-refractivity contribution in [2.75, 3.05) is 5.32 Å². The average Bonchev–Trinajstić information content (AvgIpc) is 3.26. The smallest absolute Gasteiger partial charge is 0.260 e. The molecule has 1 aliphatic rings. The van der Waals surface area contributed by atoms with Gasteiger partial charge in [0, 0.05) is 11.6 Å². The van der Waals surface area contributed by atoms with E-state index in [2.05, 4.69) is 10.6 Å². The maximum atomic E-state index is 13.8. The van der Waals surface area contributed by atoms with Gasteiger partial charge in [-0.2, -0.15) is 0 Å². The van der Waals surface area contributed by atoms with Crippen LogP contribution in [-0.2, 0) is 4.79 Å². The third-order valence-corrected chi connectivity index (χ3v) is 5.86. The second kappa shape index (κ2) is 7.91. The van der Waals surface area contributed by atoms with E-state index in [0.29, 0.717) is 37.7 Å². The van der Waals surface area contributed by atoms with Gasteiger partial charge in [0.2, 0.25) is 0 Å². The molecular weight excluding hydrogens is 422 g/mol. The normalized spacial score (nSPS) is 17.8. The van der Waals surface area contributed by atoms with Gasteiger partial charge in [0.15, 0.2) is 5.50 Å². The van der Waals surface area contributed by atoms with Crippen LogP contribution in [0.25, 0.3) is 17.4 Å². The van der Waals surface area contributed by atoms with Crippen molar-refractivity contribution in [1.29, 1.82) is 0 Å². The number of hydrogen-bond donors (Lipinski definition) is 2. The van der Waals surface area contributed by atoms with Crippen LogP contribution < -0.4 is 10.6 Å². The minimum absolute atomic E-state index is 0.266. The number of nitrogens with one attached hydrogen (secondary N) is 2. The molecule has 2 heterocycles. The second-order valence-corrected chi connectivity index (χ2v) is 7.84. The molecule has 2 aromatic carbocycles. The average molecular weight is 435 g/mol. The molecule has 0 radical (unpaired) electrons. The van der Waals surface area contributed by atoms with Gasteiger partial charge in [-0.25, -0.2) is 4.39 Å². The number of thioether (sulfide) groups is 1. The number of halogens is 3. The first-order chi connectivity index (χ1) is 13.5. The Labute approximate surface area is 174 Å². The maximum absolute atomic E-state index is 13.8. The van der Waals surface area contributed by atoms with Crippen molar-refractivity contribution < 1.29 is 13.6 Å². The first kappa shape index (κ1) is 18.9. The van der Waals surface area contributed by atoms with E-state index in [1.165, 1.54) is 17.8 Å². The summed E-state index contributed by atoms with van der Waals surface area (Å²) in [5.41, 5.74) is 0.506. The van der Waals surface area contributed by atoms with Crippen LogP contribution in [-0.4, -0.2) is 11.4 Å². The van der Waals surface area contributed by atoms with E-state index in [4.69, 9.17) is 27.6 Å². The van der Waals surface area contributed by atoms with Crippen LogP contribution in [0.3, 0.4) is 0 Å². The molecule has 1 unspecified atom stereocenters. The van der Waals surface area contributed by atoms with Crippen molar-refractivity contribution in [3.8, 4) is 11.3 Å². The predicted molar refractivity (Wildman–Crippen MR) is 112 cm³/mol. The minimum Gasteiger partial charge on any atom is -0.457 e. The molecule has 1 saturated heterocycles. The molecule has 1 atom stereocenters. The summed E-state index contributed by atoms with van der Waals surface area (Å²) in [5, 5.41) is 6.54. The summed E-state index contributed by atoms with van der Waals surface area (Å²) in [5.74, 6) is 0.389. The molecular formula is C20H13Cl2FN2O2S. The minimum atomic E-state index is -0.479. The summed E-state index contributed by atoms with van der Waals surface area (Å²) in [6.45, 7) is 0. The van der Waals surface area contributed by atoms with Gasteiger partial charge in [-0.3, -0.25) is 4.79 Å². The molecule has 1 amide bonds. The Hall–Kier alpha value is -2.41. The lowest BCUT2D eigenvalue weighted by Gasteiger charge is -2.12. The molecule has 1 fully saturated rings. The van der Waals surface area contributed by atoms with Crippen LogP contribution in [0.4, 0.5) is 10.1 Å². The monoisotopic (exact) mass is 434 g/mol. The summed E-state index contributed by atoms with van der Waals surface area (Å²) in [4.78, 5) is 12.7. The molecule has 0 spiro atoms. The van der Waals surface area contributed by atoms with Crippen molar-refractivity contribution >= 4 is 52.6 Å².